The van der Waals surface area contributed by atoms with Crippen LogP contribution in [0.3, 0.4) is 0 Å². The van der Waals surface area contributed by atoms with E-state index >= 15 is 0 Å². The summed E-state index contributed by atoms with van der Waals surface area (Å²) in [6, 6.07) is 0.0762. The van der Waals surface area contributed by atoms with Gasteiger partial charge in [-0.1, -0.05) is 26.2 Å². The van der Waals surface area contributed by atoms with E-state index < -0.39 is 0 Å². The average molecular weight is 252 g/mol. The second-order valence-electron chi connectivity index (χ2n) is 6.47. The Morgan fingerprint density at radius 1 is 1.17 bits per heavy atom. The minimum absolute atomic E-state index is 0.0603. The number of nitrogens with zero attached hydrogens (tertiary/aromatic N) is 1. The second-order valence-corrected chi connectivity index (χ2v) is 6.47. The minimum atomic E-state index is 0.0603. The molecular weight excluding hydrogens is 224 g/mol. The van der Waals surface area contributed by atoms with Gasteiger partial charge in [0.05, 0.1) is 5.92 Å². The van der Waals surface area contributed by atoms with Gasteiger partial charge in [-0.2, -0.15) is 0 Å². The number of carbonyl (C=O) groups is 1. The Morgan fingerprint density at radius 3 is 2.44 bits per heavy atom. The first kappa shape index (κ1) is 13.9. The van der Waals surface area contributed by atoms with E-state index in [9.17, 15) is 4.79 Å². The Bertz CT molecular complexity index is 276. The van der Waals surface area contributed by atoms with E-state index in [4.69, 9.17) is 5.73 Å². The van der Waals surface area contributed by atoms with E-state index in [-0.39, 0.29) is 12.0 Å². The molecule has 0 bridgehead atoms. The van der Waals surface area contributed by atoms with Gasteiger partial charge in [-0.3, -0.25) is 4.79 Å². The van der Waals surface area contributed by atoms with E-state index in [1.54, 1.807) is 0 Å². The zero-order chi connectivity index (χ0) is 13.1. The van der Waals surface area contributed by atoms with Crippen LogP contribution in [0.4, 0.5) is 0 Å². The van der Waals surface area contributed by atoms with Crippen molar-refractivity contribution < 1.29 is 4.79 Å². The van der Waals surface area contributed by atoms with Crippen LogP contribution in [0.25, 0.3) is 0 Å². The van der Waals surface area contributed by atoms with E-state index in [2.05, 4.69) is 6.92 Å². The lowest BCUT2D eigenvalue weighted by Crippen LogP contribution is -2.48. The lowest BCUT2D eigenvalue weighted by atomic mass is 9.76. The average Bonchev–Trinajstić information content (AvgIpc) is 2.81. The quantitative estimate of drug-likeness (QED) is 0.838. The standard InChI is InChI=1S/C15H28N2O/c1-11-6-5-9-13(16)14(11)15(18)17(2)10-12-7-3-4-8-12/h11-14H,3-10,16H2,1-2H3. The third-order valence-electron chi connectivity index (χ3n) is 4.94. The van der Waals surface area contributed by atoms with Gasteiger partial charge < -0.3 is 10.6 Å². The predicted molar refractivity (Wildman–Crippen MR) is 74.1 cm³/mol. The zero-order valence-corrected chi connectivity index (χ0v) is 11.9. The van der Waals surface area contributed by atoms with Crippen LogP contribution in [0.1, 0.15) is 51.9 Å². The van der Waals surface area contributed by atoms with Gasteiger partial charge in [0, 0.05) is 19.6 Å². The summed E-state index contributed by atoms with van der Waals surface area (Å²) in [7, 11) is 1.97. The van der Waals surface area contributed by atoms with Crippen molar-refractivity contribution in [3.8, 4) is 0 Å². The maximum absolute atomic E-state index is 12.6. The summed E-state index contributed by atoms with van der Waals surface area (Å²) in [4.78, 5) is 14.5. The molecule has 0 spiro atoms. The van der Waals surface area contributed by atoms with Crippen LogP contribution < -0.4 is 5.73 Å². The highest BCUT2D eigenvalue weighted by atomic mass is 16.2. The molecule has 18 heavy (non-hydrogen) atoms. The van der Waals surface area contributed by atoms with Crippen molar-refractivity contribution in [1.82, 2.24) is 4.90 Å². The third-order valence-corrected chi connectivity index (χ3v) is 4.94. The number of hydrogen-bond acceptors (Lipinski definition) is 2. The normalized spacial score (nSPS) is 33.6. The molecule has 3 unspecified atom stereocenters. The van der Waals surface area contributed by atoms with Crippen molar-refractivity contribution in [2.75, 3.05) is 13.6 Å². The fourth-order valence-corrected chi connectivity index (χ4v) is 3.81. The molecule has 1 amide bonds. The lowest BCUT2D eigenvalue weighted by molar-refractivity contribution is -0.138. The summed E-state index contributed by atoms with van der Waals surface area (Å²) in [6.07, 6.45) is 8.61. The van der Waals surface area contributed by atoms with Crippen molar-refractivity contribution in [2.24, 2.45) is 23.5 Å². The fourth-order valence-electron chi connectivity index (χ4n) is 3.81. The molecule has 0 radical (unpaired) electrons. The smallest absolute Gasteiger partial charge is 0.227 e. The molecule has 104 valence electrons. The molecule has 2 rings (SSSR count). The van der Waals surface area contributed by atoms with Crippen molar-refractivity contribution >= 4 is 5.91 Å². The summed E-state index contributed by atoms with van der Waals surface area (Å²) in [5, 5.41) is 0. The van der Waals surface area contributed by atoms with E-state index in [1.165, 1.54) is 32.1 Å². The first-order chi connectivity index (χ1) is 8.59. The first-order valence-electron chi connectivity index (χ1n) is 7.60. The predicted octanol–water partition coefficient (Wildman–Crippen LogP) is 2.40. The molecule has 0 aromatic rings. The van der Waals surface area contributed by atoms with Gasteiger partial charge in [0.15, 0.2) is 0 Å². The van der Waals surface area contributed by atoms with Crippen molar-refractivity contribution in [1.29, 1.82) is 0 Å². The topological polar surface area (TPSA) is 46.3 Å². The SMILES string of the molecule is CC1CCCC(N)C1C(=O)N(C)CC1CCCC1. The highest BCUT2D eigenvalue weighted by Crippen LogP contribution is 2.31. The van der Waals surface area contributed by atoms with Gasteiger partial charge in [-0.15, -0.1) is 0 Å². The van der Waals surface area contributed by atoms with Gasteiger partial charge in [0.25, 0.3) is 0 Å². The second kappa shape index (κ2) is 6.05. The van der Waals surface area contributed by atoms with Crippen LogP contribution >= 0.6 is 0 Å². The largest absolute Gasteiger partial charge is 0.345 e. The van der Waals surface area contributed by atoms with Crippen LogP contribution in [0.15, 0.2) is 0 Å². The van der Waals surface area contributed by atoms with Crippen LogP contribution in [-0.4, -0.2) is 30.4 Å². The number of nitrogens with two attached hydrogens (primary N) is 1. The van der Waals surface area contributed by atoms with Gasteiger partial charge in [0.2, 0.25) is 5.91 Å². The highest BCUT2D eigenvalue weighted by molar-refractivity contribution is 5.79. The molecule has 0 aliphatic heterocycles. The first-order valence-corrected chi connectivity index (χ1v) is 7.60. The monoisotopic (exact) mass is 252 g/mol. The minimum Gasteiger partial charge on any atom is -0.345 e. The molecule has 2 saturated carbocycles. The number of amides is 1. The molecule has 0 saturated heterocycles. The van der Waals surface area contributed by atoms with Gasteiger partial charge >= 0.3 is 0 Å². The van der Waals surface area contributed by atoms with E-state index in [0.717, 1.165) is 25.3 Å². The van der Waals surface area contributed by atoms with Gasteiger partial charge in [-0.25, -0.2) is 0 Å². The molecule has 3 nitrogen and oxygen atoms in total. The maximum atomic E-state index is 12.6. The maximum Gasteiger partial charge on any atom is 0.227 e. The van der Waals surface area contributed by atoms with E-state index in [0.29, 0.717) is 11.8 Å². The molecule has 0 aromatic carbocycles. The third kappa shape index (κ3) is 3.05. The molecule has 2 aliphatic rings. The van der Waals surface area contributed by atoms with Crippen molar-refractivity contribution in [3.63, 3.8) is 0 Å². The molecule has 3 atom stereocenters. The van der Waals surface area contributed by atoms with Gasteiger partial charge in [0.1, 0.15) is 0 Å². The molecule has 2 N–H and O–H groups in total. The molecule has 2 fully saturated rings. The Labute approximate surface area is 111 Å². The summed E-state index contributed by atoms with van der Waals surface area (Å²) in [6.45, 7) is 3.12. The number of hydrogen-bond donors (Lipinski definition) is 1. The molecule has 0 heterocycles. The van der Waals surface area contributed by atoms with Crippen LogP contribution in [0, 0.1) is 17.8 Å². The van der Waals surface area contributed by atoms with E-state index in [1.807, 2.05) is 11.9 Å². The number of rotatable bonds is 3. The number of carbonyl (C=O) groups excluding carboxylic acids is 1. The Hall–Kier alpha value is -0.570. The molecule has 0 aromatic heterocycles. The summed E-state index contributed by atoms with van der Waals surface area (Å²) in [5.74, 6) is 1.54. The molecule has 2 aliphatic carbocycles. The van der Waals surface area contributed by atoms with Crippen molar-refractivity contribution in [3.05, 3.63) is 0 Å². The fraction of sp³-hybridized carbons (Fsp3) is 0.933. The summed E-state index contributed by atoms with van der Waals surface area (Å²) in [5.41, 5.74) is 6.17. The molecule has 3 heteroatoms. The summed E-state index contributed by atoms with van der Waals surface area (Å²) >= 11 is 0. The Balaban J connectivity index is 1.91. The summed E-state index contributed by atoms with van der Waals surface area (Å²) < 4.78 is 0. The highest BCUT2D eigenvalue weighted by Gasteiger charge is 2.36. The van der Waals surface area contributed by atoms with Crippen LogP contribution in [-0.2, 0) is 4.79 Å². The van der Waals surface area contributed by atoms with Gasteiger partial charge in [-0.05, 0) is 37.5 Å². The molecular formula is C15H28N2O. The van der Waals surface area contributed by atoms with Crippen LogP contribution in [0.5, 0.6) is 0 Å². The lowest BCUT2D eigenvalue weighted by Gasteiger charge is -2.36. The van der Waals surface area contributed by atoms with Crippen LogP contribution in [0.2, 0.25) is 0 Å². The zero-order valence-electron chi connectivity index (χ0n) is 11.9. The Kier molecular flexibility index (Phi) is 4.66. The Morgan fingerprint density at radius 2 is 1.83 bits per heavy atom. The van der Waals surface area contributed by atoms with Crippen molar-refractivity contribution in [2.45, 2.75) is 57.9 Å².